The first-order valence-corrected chi connectivity index (χ1v) is 8.27. The summed E-state index contributed by atoms with van der Waals surface area (Å²) in [5.74, 6) is 4.64. The molecule has 0 saturated heterocycles. The van der Waals surface area contributed by atoms with Crippen molar-refractivity contribution in [1.82, 2.24) is 9.55 Å². The summed E-state index contributed by atoms with van der Waals surface area (Å²) in [7, 11) is 0. The summed E-state index contributed by atoms with van der Waals surface area (Å²) in [4.78, 5) is 4.73. The Morgan fingerprint density at radius 2 is 2.30 bits per heavy atom. The number of aryl methyl sites for hydroxylation is 1. The molecule has 0 fully saturated rings. The van der Waals surface area contributed by atoms with Gasteiger partial charge in [-0.2, -0.15) is 11.8 Å². The minimum absolute atomic E-state index is 0.0618. The van der Waals surface area contributed by atoms with E-state index >= 15 is 0 Å². The Morgan fingerprint density at radius 3 is 2.95 bits per heavy atom. The van der Waals surface area contributed by atoms with Gasteiger partial charge in [0.1, 0.15) is 5.82 Å². The van der Waals surface area contributed by atoms with Crippen molar-refractivity contribution in [2.75, 3.05) is 12.0 Å². The Balaban J connectivity index is 2.46. The molecule has 0 radical (unpaired) electrons. The largest absolute Gasteiger partial charge is 0.321 e. The Labute approximate surface area is 124 Å². The van der Waals surface area contributed by atoms with E-state index in [1.165, 1.54) is 5.56 Å². The second-order valence-electron chi connectivity index (χ2n) is 4.82. The Morgan fingerprint density at radius 1 is 1.50 bits per heavy atom. The van der Waals surface area contributed by atoms with Crippen LogP contribution in [0.2, 0.25) is 0 Å². The van der Waals surface area contributed by atoms with E-state index in [1.807, 2.05) is 0 Å². The van der Waals surface area contributed by atoms with Gasteiger partial charge < -0.3 is 10.3 Å². The highest BCUT2D eigenvalue weighted by atomic mass is 32.2. The smallest absolute Gasteiger partial charge is 0.127 e. The van der Waals surface area contributed by atoms with Gasteiger partial charge in [-0.3, -0.25) is 0 Å². The van der Waals surface area contributed by atoms with Crippen LogP contribution in [-0.4, -0.2) is 21.6 Å². The molecule has 0 aliphatic carbocycles. The highest BCUT2D eigenvalue weighted by Gasteiger charge is 2.16. The number of nitrogens with zero attached hydrogens (tertiary/aromatic N) is 2. The van der Waals surface area contributed by atoms with Crippen LogP contribution in [0.1, 0.15) is 30.8 Å². The van der Waals surface area contributed by atoms with Gasteiger partial charge in [0.2, 0.25) is 0 Å². The van der Waals surface area contributed by atoms with Gasteiger partial charge in [-0.1, -0.05) is 18.9 Å². The maximum absolute atomic E-state index is 6.28. The highest BCUT2D eigenvalue weighted by molar-refractivity contribution is 7.98. The predicted molar refractivity (Wildman–Crippen MR) is 87.9 cm³/mol. The number of hydrogen-bond acceptors (Lipinski definition) is 3. The third-order valence-corrected chi connectivity index (χ3v) is 4.11. The van der Waals surface area contributed by atoms with Crippen molar-refractivity contribution in [1.29, 1.82) is 0 Å². The number of thioether (sulfide) groups is 1. The summed E-state index contributed by atoms with van der Waals surface area (Å²) in [6, 6.07) is 6.30. The second kappa shape index (κ2) is 6.83. The van der Waals surface area contributed by atoms with Crippen LogP contribution in [-0.2, 0) is 13.0 Å². The van der Waals surface area contributed by atoms with Crippen LogP contribution < -0.4 is 5.73 Å². The minimum Gasteiger partial charge on any atom is -0.321 e. The lowest BCUT2D eigenvalue weighted by Crippen LogP contribution is -2.17. The Kier molecular flexibility index (Phi) is 5.11. The molecule has 3 nitrogen and oxygen atoms in total. The Bertz CT molecular complexity index is 624. The fourth-order valence-electron chi connectivity index (χ4n) is 2.33. The van der Waals surface area contributed by atoms with Crippen LogP contribution >= 0.6 is 11.8 Å². The van der Waals surface area contributed by atoms with Gasteiger partial charge in [0.15, 0.2) is 0 Å². The first kappa shape index (κ1) is 15.0. The summed E-state index contributed by atoms with van der Waals surface area (Å²) < 4.78 is 2.07. The lowest BCUT2D eigenvalue weighted by atomic mass is 10.1. The fraction of sp³-hybridized carbons (Fsp3) is 0.438. The third-order valence-electron chi connectivity index (χ3n) is 3.46. The van der Waals surface area contributed by atoms with E-state index in [-0.39, 0.29) is 6.04 Å². The molecule has 106 valence electrons. The minimum atomic E-state index is -0.0618. The van der Waals surface area contributed by atoms with Crippen molar-refractivity contribution in [3.8, 4) is 12.3 Å². The Hall–Kier alpha value is -1.44. The monoisotopic (exact) mass is 287 g/mol. The third kappa shape index (κ3) is 3.00. The molecule has 0 aliphatic heterocycles. The number of terminal acetylenes is 1. The van der Waals surface area contributed by atoms with Crippen molar-refractivity contribution in [3.63, 3.8) is 0 Å². The van der Waals surface area contributed by atoms with Crippen molar-refractivity contribution < 1.29 is 0 Å². The van der Waals surface area contributed by atoms with Gasteiger partial charge in [-0.05, 0) is 42.5 Å². The zero-order valence-electron chi connectivity index (χ0n) is 12.1. The van der Waals surface area contributed by atoms with E-state index in [0.717, 1.165) is 35.5 Å². The molecular weight excluding hydrogens is 266 g/mol. The number of aromatic nitrogens is 2. The van der Waals surface area contributed by atoms with Crippen LogP contribution in [0, 0.1) is 12.3 Å². The van der Waals surface area contributed by atoms with Crippen molar-refractivity contribution in [2.24, 2.45) is 5.73 Å². The topological polar surface area (TPSA) is 43.8 Å². The molecule has 0 aliphatic rings. The molecule has 1 aromatic heterocycles. The van der Waals surface area contributed by atoms with Crippen molar-refractivity contribution in [3.05, 3.63) is 29.6 Å². The molecule has 2 aromatic rings. The number of hydrogen-bond donors (Lipinski definition) is 1. The number of benzene rings is 1. The number of imidazole rings is 1. The zero-order chi connectivity index (χ0) is 14.5. The van der Waals surface area contributed by atoms with Gasteiger partial charge in [0.05, 0.1) is 23.6 Å². The number of rotatable bonds is 6. The maximum Gasteiger partial charge on any atom is 0.127 e. The molecular formula is C16H21N3S. The van der Waals surface area contributed by atoms with Gasteiger partial charge in [0.25, 0.3) is 0 Å². The fourth-order valence-corrected chi connectivity index (χ4v) is 2.82. The van der Waals surface area contributed by atoms with E-state index < -0.39 is 0 Å². The number of fused-ring (bicyclic) bond motifs is 1. The average Bonchev–Trinajstić information content (AvgIpc) is 2.83. The normalized spacial score (nSPS) is 12.5. The predicted octanol–water partition coefficient (Wildman–Crippen LogP) is 2.98. The first-order valence-electron chi connectivity index (χ1n) is 6.88. The average molecular weight is 287 g/mol. The SMILES string of the molecule is C#CCn1c(C(N)CCSC)nc2cc(CC)ccc21. The van der Waals surface area contributed by atoms with Gasteiger partial charge in [-0.15, -0.1) is 6.42 Å². The summed E-state index contributed by atoms with van der Waals surface area (Å²) in [5, 5.41) is 0. The maximum atomic E-state index is 6.28. The van der Waals surface area contributed by atoms with Crippen LogP contribution in [0.15, 0.2) is 18.2 Å². The van der Waals surface area contributed by atoms with Gasteiger partial charge in [-0.25, -0.2) is 4.98 Å². The van der Waals surface area contributed by atoms with Crippen LogP contribution in [0.4, 0.5) is 0 Å². The van der Waals surface area contributed by atoms with Crippen molar-refractivity contribution in [2.45, 2.75) is 32.4 Å². The molecule has 1 heterocycles. The summed E-state index contributed by atoms with van der Waals surface area (Å²) in [5.41, 5.74) is 9.64. The summed E-state index contributed by atoms with van der Waals surface area (Å²) in [6.07, 6.45) is 9.50. The van der Waals surface area contributed by atoms with E-state index in [4.69, 9.17) is 17.1 Å². The summed E-state index contributed by atoms with van der Waals surface area (Å²) in [6.45, 7) is 2.66. The second-order valence-corrected chi connectivity index (χ2v) is 5.81. The molecule has 1 atom stereocenters. The molecule has 4 heteroatoms. The van der Waals surface area contributed by atoms with E-state index in [9.17, 15) is 0 Å². The van der Waals surface area contributed by atoms with Gasteiger partial charge in [0, 0.05) is 0 Å². The summed E-state index contributed by atoms with van der Waals surface area (Å²) >= 11 is 1.80. The number of nitrogens with two attached hydrogens (primary N) is 1. The van der Waals surface area contributed by atoms with E-state index in [1.54, 1.807) is 11.8 Å². The molecule has 0 amide bonds. The standard InChI is InChI=1S/C16H21N3S/c1-4-9-19-15-7-6-12(5-2)11-14(15)18-16(19)13(17)8-10-20-3/h1,6-7,11,13H,5,8-10,17H2,2-3H3. The molecule has 20 heavy (non-hydrogen) atoms. The lowest BCUT2D eigenvalue weighted by Gasteiger charge is -2.12. The quantitative estimate of drug-likeness (QED) is 0.831. The molecule has 0 bridgehead atoms. The van der Waals surface area contributed by atoms with Gasteiger partial charge >= 0.3 is 0 Å². The van der Waals surface area contributed by atoms with Crippen LogP contribution in [0.3, 0.4) is 0 Å². The van der Waals surface area contributed by atoms with E-state index in [0.29, 0.717) is 6.54 Å². The lowest BCUT2D eigenvalue weighted by molar-refractivity contribution is 0.616. The van der Waals surface area contributed by atoms with Crippen molar-refractivity contribution >= 4 is 22.8 Å². The zero-order valence-corrected chi connectivity index (χ0v) is 12.9. The molecule has 2 N–H and O–H groups in total. The molecule has 0 saturated carbocycles. The first-order chi connectivity index (χ1) is 9.71. The highest BCUT2D eigenvalue weighted by Crippen LogP contribution is 2.23. The molecule has 1 aromatic carbocycles. The van der Waals surface area contributed by atoms with Crippen LogP contribution in [0.25, 0.3) is 11.0 Å². The molecule has 0 spiro atoms. The van der Waals surface area contributed by atoms with Crippen LogP contribution in [0.5, 0.6) is 0 Å². The van der Waals surface area contributed by atoms with E-state index in [2.05, 4.69) is 41.9 Å². The molecule has 1 unspecified atom stereocenters. The molecule has 2 rings (SSSR count).